The lowest BCUT2D eigenvalue weighted by atomic mass is 9.95. The fraction of sp³-hybridized carbons (Fsp3) is 0.107. The zero-order valence-electron chi connectivity index (χ0n) is 17.6. The first-order valence-electron chi connectivity index (χ1n) is 10.5. The lowest BCUT2D eigenvalue weighted by molar-refractivity contribution is -0.136. The Morgan fingerprint density at radius 2 is 1.44 bits per heavy atom. The number of ether oxygens (including phenoxy) is 1. The first-order valence-corrected chi connectivity index (χ1v) is 10.5. The summed E-state index contributed by atoms with van der Waals surface area (Å²) in [4.78, 5) is 11.1. The number of carboxylic acids is 1. The average Bonchev–Trinajstić information content (AvgIpc) is 2.83. The molecule has 4 nitrogen and oxygen atoms in total. The molecule has 1 atom stereocenters. The number of nitrogens with two attached hydrogens (primary N) is 1. The van der Waals surface area contributed by atoms with Crippen molar-refractivity contribution in [2.45, 2.75) is 19.1 Å². The van der Waals surface area contributed by atoms with Crippen molar-refractivity contribution < 1.29 is 14.6 Å². The number of rotatable bonds is 8. The molecule has 0 radical (unpaired) electrons. The van der Waals surface area contributed by atoms with Gasteiger partial charge in [-0.25, -0.2) is 0 Å². The fourth-order valence-corrected chi connectivity index (χ4v) is 3.72. The summed E-state index contributed by atoms with van der Waals surface area (Å²) in [6.07, 6.45) is -0.0648. The van der Waals surface area contributed by atoms with Gasteiger partial charge in [-0.15, -0.1) is 0 Å². The quantitative estimate of drug-likeness (QED) is 0.386. The van der Waals surface area contributed by atoms with Gasteiger partial charge in [0.2, 0.25) is 0 Å². The Balaban J connectivity index is 1.52. The number of carbonyl (C=O) groups is 1. The van der Waals surface area contributed by atoms with Gasteiger partial charge in [-0.05, 0) is 46.0 Å². The third kappa shape index (κ3) is 5.23. The fourth-order valence-electron chi connectivity index (χ4n) is 3.72. The summed E-state index contributed by atoms with van der Waals surface area (Å²) in [5.74, 6) is -0.284. The molecule has 3 N–H and O–H groups in total. The van der Waals surface area contributed by atoms with E-state index in [2.05, 4.69) is 24.3 Å². The van der Waals surface area contributed by atoms with Gasteiger partial charge >= 0.3 is 5.97 Å². The monoisotopic (exact) mass is 423 g/mol. The highest BCUT2D eigenvalue weighted by Gasteiger charge is 2.11. The van der Waals surface area contributed by atoms with Crippen LogP contribution in [0.5, 0.6) is 5.75 Å². The number of carboxylic acid groups (broad SMARTS) is 1. The Morgan fingerprint density at radius 3 is 2.22 bits per heavy atom. The Morgan fingerprint density at radius 1 is 0.781 bits per heavy atom. The second-order valence-electron chi connectivity index (χ2n) is 7.68. The van der Waals surface area contributed by atoms with E-state index in [9.17, 15) is 4.79 Å². The molecule has 4 aromatic rings. The molecule has 160 valence electrons. The topological polar surface area (TPSA) is 72.5 Å². The van der Waals surface area contributed by atoms with Gasteiger partial charge in [0, 0.05) is 5.56 Å². The lowest BCUT2D eigenvalue weighted by Gasteiger charge is -2.14. The molecular formula is C28H25NO3. The maximum atomic E-state index is 11.1. The minimum atomic E-state index is -0.878. The number of aliphatic carboxylic acids is 1. The van der Waals surface area contributed by atoms with Crippen molar-refractivity contribution in [1.82, 2.24) is 0 Å². The van der Waals surface area contributed by atoms with Crippen LogP contribution < -0.4 is 10.5 Å². The van der Waals surface area contributed by atoms with E-state index in [4.69, 9.17) is 15.6 Å². The van der Waals surface area contributed by atoms with Crippen LogP contribution in [-0.4, -0.2) is 11.1 Å². The van der Waals surface area contributed by atoms with Crippen molar-refractivity contribution in [3.63, 3.8) is 0 Å². The largest absolute Gasteiger partial charge is 0.489 e. The highest BCUT2D eigenvalue weighted by atomic mass is 16.5. The smallest absolute Gasteiger partial charge is 0.307 e. The van der Waals surface area contributed by atoms with Gasteiger partial charge in [-0.2, -0.15) is 0 Å². The van der Waals surface area contributed by atoms with Gasteiger partial charge in [0.15, 0.2) is 0 Å². The summed E-state index contributed by atoms with van der Waals surface area (Å²) in [5, 5.41) is 9.11. The van der Waals surface area contributed by atoms with Gasteiger partial charge < -0.3 is 15.6 Å². The molecule has 0 heterocycles. The Labute approximate surface area is 187 Å². The van der Waals surface area contributed by atoms with Crippen LogP contribution >= 0.6 is 0 Å². The molecule has 4 rings (SSSR count). The van der Waals surface area contributed by atoms with Crippen molar-refractivity contribution in [3.8, 4) is 16.9 Å². The maximum absolute atomic E-state index is 11.1. The predicted molar refractivity (Wildman–Crippen MR) is 126 cm³/mol. The van der Waals surface area contributed by atoms with Crippen LogP contribution in [0, 0.1) is 0 Å². The molecule has 4 heteroatoms. The molecule has 0 bridgehead atoms. The van der Waals surface area contributed by atoms with E-state index in [1.165, 1.54) is 0 Å². The minimum absolute atomic E-state index is 0.0648. The number of para-hydroxylation sites is 1. The van der Waals surface area contributed by atoms with E-state index in [1.807, 2.05) is 66.7 Å². The summed E-state index contributed by atoms with van der Waals surface area (Å²) in [7, 11) is 0. The zero-order valence-corrected chi connectivity index (χ0v) is 17.6. The summed E-state index contributed by atoms with van der Waals surface area (Å²) in [6, 6.07) is 33.5. The minimum Gasteiger partial charge on any atom is -0.489 e. The van der Waals surface area contributed by atoms with E-state index >= 15 is 0 Å². The zero-order chi connectivity index (χ0) is 22.3. The van der Waals surface area contributed by atoms with Crippen molar-refractivity contribution in [2.75, 3.05) is 0 Å². The molecule has 0 aromatic heterocycles. The Bertz CT molecular complexity index is 1200. The van der Waals surface area contributed by atoms with Crippen LogP contribution in [0.4, 0.5) is 0 Å². The molecule has 0 amide bonds. The second kappa shape index (κ2) is 9.94. The summed E-state index contributed by atoms with van der Waals surface area (Å²) < 4.78 is 5.95. The van der Waals surface area contributed by atoms with Crippen LogP contribution in [0.25, 0.3) is 11.1 Å². The molecule has 0 fully saturated rings. The lowest BCUT2D eigenvalue weighted by Crippen LogP contribution is -2.11. The summed E-state index contributed by atoms with van der Waals surface area (Å²) in [6.45, 7) is 0.355. The second-order valence-corrected chi connectivity index (χ2v) is 7.68. The molecular weight excluding hydrogens is 398 g/mol. The van der Waals surface area contributed by atoms with Gasteiger partial charge in [-0.3, -0.25) is 4.79 Å². The van der Waals surface area contributed by atoms with Gasteiger partial charge in [0.1, 0.15) is 12.4 Å². The van der Waals surface area contributed by atoms with Crippen molar-refractivity contribution >= 4 is 5.97 Å². The number of hydrogen-bond acceptors (Lipinski definition) is 3. The van der Waals surface area contributed by atoms with Gasteiger partial charge in [0.05, 0.1) is 12.5 Å². The van der Waals surface area contributed by atoms with Gasteiger partial charge in [-0.1, -0.05) is 84.9 Å². The first kappa shape index (κ1) is 21.3. The van der Waals surface area contributed by atoms with E-state index in [0.717, 1.165) is 27.8 Å². The van der Waals surface area contributed by atoms with Crippen molar-refractivity contribution in [1.29, 1.82) is 0 Å². The molecule has 32 heavy (non-hydrogen) atoms. The highest BCUT2D eigenvalue weighted by Crippen LogP contribution is 2.27. The molecule has 0 spiro atoms. The molecule has 0 saturated carbocycles. The van der Waals surface area contributed by atoms with Crippen LogP contribution in [0.1, 0.15) is 28.3 Å². The molecule has 0 saturated heterocycles. The summed E-state index contributed by atoms with van der Waals surface area (Å²) >= 11 is 0. The van der Waals surface area contributed by atoms with Crippen molar-refractivity contribution in [3.05, 3.63) is 125 Å². The van der Waals surface area contributed by atoms with Crippen LogP contribution in [0.2, 0.25) is 0 Å². The van der Waals surface area contributed by atoms with Crippen LogP contribution in [0.15, 0.2) is 103 Å². The normalized spacial score (nSPS) is 11.7. The average molecular weight is 424 g/mol. The van der Waals surface area contributed by atoms with Crippen LogP contribution in [-0.2, 0) is 17.8 Å². The third-order valence-electron chi connectivity index (χ3n) is 5.37. The third-order valence-corrected chi connectivity index (χ3v) is 5.37. The Hall–Kier alpha value is -3.89. The summed E-state index contributed by atoms with van der Waals surface area (Å²) in [5.41, 5.74) is 12.5. The first-order chi connectivity index (χ1) is 15.6. The molecule has 0 aliphatic carbocycles. The maximum Gasteiger partial charge on any atom is 0.307 e. The van der Waals surface area contributed by atoms with E-state index in [1.54, 1.807) is 12.1 Å². The highest BCUT2D eigenvalue weighted by molar-refractivity contribution is 5.71. The predicted octanol–water partition coefficient (Wildman–Crippen LogP) is 5.61. The van der Waals surface area contributed by atoms with E-state index in [-0.39, 0.29) is 12.5 Å². The van der Waals surface area contributed by atoms with E-state index in [0.29, 0.717) is 17.9 Å². The molecule has 0 aliphatic heterocycles. The number of benzene rings is 4. The molecule has 4 aromatic carbocycles. The SMILES string of the molecule is N[C@@H](c1ccccc1)c1cccc(-c2cccc(COc3ccccc3CC(=O)O)c2)c1. The Kier molecular flexibility index (Phi) is 6.63. The molecule has 0 aliphatic rings. The van der Waals surface area contributed by atoms with Gasteiger partial charge in [0.25, 0.3) is 0 Å². The number of hydrogen-bond donors (Lipinski definition) is 2. The van der Waals surface area contributed by atoms with E-state index < -0.39 is 5.97 Å². The van der Waals surface area contributed by atoms with Crippen molar-refractivity contribution in [2.24, 2.45) is 5.73 Å². The molecule has 0 unspecified atom stereocenters. The van der Waals surface area contributed by atoms with Crippen LogP contribution in [0.3, 0.4) is 0 Å². The standard InChI is InChI=1S/C28H25NO3/c29-28(21-9-2-1-3-10-21)25-14-7-13-23(17-25)22-12-6-8-20(16-22)19-32-26-15-5-4-11-24(26)18-27(30)31/h1-17,28H,18-19,29H2,(H,30,31)/t28-/m0/s1.